The first-order valence-corrected chi connectivity index (χ1v) is 7.69. The van der Waals surface area contributed by atoms with E-state index in [9.17, 15) is 9.18 Å². The van der Waals surface area contributed by atoms with E-state index in [2.05, 4.69) is 0 Å². The van der Waals surface area contributed by atoms with Crippen LogP contribution in [0.2, 0.25) is 0 Å². The van der Waals surface area contributed by atoms with Crippen LogP contribution in [0.15, 0.2) is 24.3 Å². The largest absolute Gasteiger partial charge is 0.459 e. The maximum absolute atomic E-state index is 12.8. The molecule has 20 heavy (non-hydrogen) atoms. The molecule has 2 aliphatic carbocycles. The molecular formula is C17H21FO2. The van der Waals surface area contributed by atoms with Gasteiger partial charge < -0.3 is 4.74 Å². The van der Waals surface area contributed by atoms with Crippen molar-refractivity contribution in [3.63, 3.8) is 0 Å². The predicted molar refractivity (Wildman–Crippen MR) is 74.9 cm³/mol. The van der Waals surface area contributed by atoms with Gasteiger partial charge in [-0.1, -0.05) is 25.7 Å². The van der Waals surface area contributed by atoms with Crippen molar-refractivity contribution >= 4 is 5.97 Å². The summed E-state index contributed by atoms with van der Waals surface area (Å²) in [7, 11) is 0. The molecule has 0 spiro atoms. The van der Waals surface area contributed by atoms with Gasteiger partial charge in [-0.05, 0) is 55.4 Å². The van der Waals surface area contributed by atoms with Crippen molar-refractivity contribution in [3.8, 4) is 0 Å². The van der Waals surface area contributed by atoms with Crippen molar-refractivity contribution in [1.29, 1.82) is 0 Å². The van der Waals surface area contributed by atoms with Crippen LogP contribution < -0.4 is 0 Å². The zero-order valence-electron chi connectivity index (χ0n) is 11.7. The predicted octanol–water partition coefficient (Wildman–Crippen LogP) is 4.34. The first kappa shape index (κ1) is 13.6. The highest BCUT2D eigenvalue weighted by molar-refractivity contribution is 5.89. The Morgan fingerprint density at radius 3 is 2.45 bits per heavy atom. The van der Waals surface area contributed by atoms with Gasteiger partial charge in [0.1, 0.15) is 11.9 Å². The number of benzene rings is 1. The molecule has 1 aromatic carbocycles. The van der Waals surface area contributed by atoms with E-state index in [4.69, 9.17) is 4.74 Å². The van der Waals surface area contributed by atoms with Crippen molar-refractivity contribution < 1.29 is 13.9 Å². The van der Waals surface area contributed by atoms with E-state index >= 15 is 0 Å². The Hall–Kier alpha value is -1.38. The van der Waals surface area contributed by atoms with E-state index < -0.39 is 0 Å². The molecule has 0 amide bonds. The fraction of sp³-hybridized carbons (Fsp3) is 0.588. The van der Waals surface area contributed by atoms with Crippen LogP contribution in [-0.2, 0) is 4.74 Å². The third-order valence-corrected chi connectivity index (χ3v) is 4.85. The minimum Gasteiger partial charge on any atom is -0.459 e. The molecule has 2 fully saturated rings. The number of hydrogen-bond donors (Lipinski definition) is 0. The molecule has 0 heterocycles. The van der Waals surface area contributed by atoms with E-state index in [0.717, 1.165) is 24.7 Å². The van der Waals surface area contributed by atoms with Crippen molar-refractivity contribution in [2.45, 2.75) is 51.0 Å². The lowest BCUT2D eigenvalue weighted by molar-refractivity contribution is -0.000926. The SMILES string of the molecule is O=C(OC1CCC2CCCCC2C1)c1ccc(F)cc1. The molecular weight excluding hydrogens is 255 g/mol. The van der Waals surface area contributed by atoms with E-state index in [1.807, 2.05) is 0 Å². The lowest BCUT2D eigenvalue weighted by Crippen LogP contribution is -2.33. The van der Waals surface area contributed by atoms with E-state index in [1.54, 1.807) is 0 Å². The second kappa shape index (κ2) is 5.94. The third-order valence-electron chi connectivity index (χ3n) is 4.85. The molecule has 3 atom stereocenters. The van der Waals surface area contributed by atoms with Gasteiger partial charge in [0.25, 0.3) is 0 Å². The fourth-order valence-electron chi connectivity index (χ4n) is 3.74. The van der Waals surface area contributed by atoms with Crippen LogP contribution in [0.1, 0.15) is 55.3 Å². The molecule has 2 saturated carbocycles. The van der Waals surface area contributed by atoms with Gasteiger partial charge in [-0.2, -0.15) is 0 Å². The van der Waals surface area contributed by atoms with E-state index in [1.165, 1.54) is 56.4 Å². The molecule has 2 aliphatic rings. The van der Waals surface area contributed by atoms with Crippen LogP contribution in [0.3, 0.4) is 0 Å². The highest BCUT2D eigenvalue weighted by Gasteiger charge is 2.33. The van der Waals surface area contributed by atoms with Gasteiger partial charge in [0.2, 0.25) is 0 Å². The van der Waals surface area contributed by atoms with Crippen LogP contribution in [0.4, 0.5) is 4.39 Å². The second-order valence-corrected chi connectivity index (χ2v) is 6.15. The molecule has 3 rings (SSSR count). The molecule has 3 heteroatoms. The number of ether oxygens (including phenoxy) is 1. The van der Waals surface area contributed by atoms with Crippen LogP contribution in [-0.4, -0.2) is 12.1 Å². The molecule has 2 nitrogen and oxygen atoms in total. The van der Waals surface area contributed by atoms with Crippen LogP contribution in [0.25, 0.3) is 0 Å². The van der Waals surface area contributed by atoms with Crippen molar-refractivity contribution in [2.24, 2.45) is 11.8 Å². The summed E-state index contributed by atoms with van der Waals surface area (Å²) in [6.07, 6.45) is 8.55. The zero-order chi connectivity index (χ0) is 13.9. The Balaban J connectivity index is 1.58. The van der Waals surface area contributed by atoms with Crippen molar-refractivity contribution in [3.05, 3.63) is 35.6 Å². The van der Waals surface area contributed by atoms with Crippen molar-refractivity contribution in [1.82, 2.24) is 0 Å². The molecule has 0 bridgehead atoms. The molecule has 0 radical (unpaired) electrons. The number of hydrogen-bond acceptors (Lipinski definition) is 2. The molecule has 108 valence electrons. The third kappa shape index (κ3) is 3.02. The Labute approximate surface area is 119 Å². The molecule has 0 saturated heterocycles. The Bertz CT molecular complexity index is 468. The molecule has 0 aliphatic heterocycles. The Kier molecular flexibility index (Phi) is 4.04. The van der Waals surface area contributed by atoms with Gasteiger partial charge in [-0.25, -0.2) is 9.18 Å². The average molecular weight is 276 g/mol. The highest BCUT2D eigenvalue weighted by atomic mass is 19.1. The Morgan fingerprint density at radius 1 is 1.00 bits per heavy atom. The first-order valence-electron chi connectivity index (χ1n) is 7.69. The summed E-state index contributed by atoms with van der Waals surface area (Å²) in [4.78, 5) is 12.0. The summed E-state index contributed by atoms with van der Waals surface area (Å²) in [6, 6.07) is 5.58. The maximum atomic E-state index is 12.8. The minimum atomic E-state index is -0.329. The fourth-order valence-corrected chi connectivity index (χ4v) is 3.74. The van der Waals surface area contributed by atoms with Crippen LogP contribution in [0.5, 0.6) is 0 Å². The summed E-state index contributed by atoms with van der Waals surface area (Å²) in [6.45, 7) is 0. The summed E-state index contributed by atoms with van der Waals surface area (Å²) in [5.41, 5.74) is 0.442. The second-order valence-electron chi connectivity index (χ2n) is 6.15. The number of fused-ring (bicyclic) bond motifs is 1. The van der Waals surface area contributed by atoms with Crippen LogP contribution in [0, 0.1) is 17.7 Å². The topological polar surface area (TPSA) is 26.3 Å². The number of carbonyl (C=O) groups excluding carboxylic acids is 1. The lowest BCUT2D eigenvalue weighted by atomic mass is 9.70. The van der Waals surface area contributed by atoms with Gasteiger partial charge in [0.15, 0.2) is 0 Å². The van der Waals surface area contributed by atoms with Crippen molar-refractivity contribution in [2.75, 3.05) is 0 Å². The van der Waals surface area contributed by atoms with Gasteiger partial charge in [0.05, 0.1) is 5.56 Å². The maximum Gasteiger partial charge on any atom is 0.338 e. The molecule has 3 unspecified atom stereocenters. The first-order chi connectivity index (χ1) is 9.72. The summed E-state index contributed by atoms with van der Waals surface area (Å²) < 4.78 is 18.4. The van der Waals surface area contributed by atoms with E-state index in [0.29, 0.717) is 5.56 Å². The average Bonchev–Trinajstić information content (AvgIpc) is 2.48. The normalized spacial score (nSPS) is 29.6. The van der Waals surface area contributed by atoms with Gasteiger partial charge in [0, 0.05) is 0 Å². The number of esters is 1. The summed E-state index contributed by atoms with van der Waals surface area (Å²) >= 11 is 0. The standard InChI is InChI=1S/C17H21FO2/c18-15-8-5-13(6-9-15)17(19)20-16-10-7-12-3-1-2-4-14(12)11-16/h5-6,8-9,12,14,16H,1-4,7,10-11H2. The summed E-state index contributed by atoms with van der Waals surface area (Å²) in [5.74, 6) is 0.946. The van der Waals surface area contributed by atoms with Crippen LogP contribution >= 0.6 is 0 Å². The van der Waals surface area contributed by atoms with E-state index in [-0.39, 0.29) is 17.9 Å². The summed E-state index contributed by atoms with van der Waals surface area (Å²) in [5, 5.41) is 0. The molecule has 0 N–H and O–H groups in total. The monoisotopic (exact) mass is 276 g/mol. The Morgan fingerprint density at radius 2 is 1.70 bits per heavy atom. The smallest absolute Gasteiger partial charge is 0.338 e. The van der Waals surface area contributed by atoms with Gasteiger partial charge in [-0.15, -0.1) is 0 Å². The number of carbonyl (C=O) groups is 1. The van der Waals surface area contributed by atoms with Gasteiger partial charge in [-0.3, -0.25) is 0 Å². The number of halogens is 1. The lowest BCUT2D eigenvalue weighted by Gasteiger charge is -2.38. The van der Waals surface area contributed by atoms with Gasteiger partial charge >= 0.3 is 5.97 Å². The minimum absolute atomic E-state index is 0.0481. The molecule has 1 aromatic rings. The zero-order valence-corrected chi connectivity index (χ0v) is 11.7. The highest BCUT2D eigenvalue weighted by Crippen LogP contribution is 2.41. The quantitative estimate of drug-likeness (QED) is 0.751. The molecule has 0 aromatic heterocycles. The number of rotatable bonds is 2.